The van der Waals surface area contributed by atoms with E-state index < -0.39 is 97.0 Å². The van der Waals surface area contributed by atoms with Crippen molar-refractivity contribution in [1.82, 2.24) is 4.90 Å². The van der Waals surface area contributed by atoms with Gasteiger partial charge in [-0.25, -0.2) is 0 Å². The number of amides is 2. The van der Waals surface area contributed by atoms with Crippen LogP contribution in [0.2, 0.25) is 0 Å². The normalized spacial score (nSPS) is 28.6. The van der Waals surface area contributed by atoms with E-state index in [1.54, 1.807) is 0 Å². The van der Waals surface area contributed by atoms with Gasteiger partial charge in [0, 0.05) is 46.0 Å². The predicted molar refractivity (Wildman–Crippen MR) is 198 cm³/mol. The summed E-state index contributed by atoms with van der Waals surface area (Å²) < 4.78 is 60.1. The van der Waals surface area contributed by atoms with Crippen molar-refractivity contribution in [3.05, 3.63) is 82.9 Å². The lowest BCUT2D eigenvalue weighted by molar-refractivity contribution is -0.353. The number of imide groups is 1. The van der Waals surface area contributed by atoms with Crippen molar-refractivity contribution < 1.29 is 76.1 Å². The average Bonchev–Trinajstić information content (AvgIpc) is 3.36. The maximum Gasteiger partial charge on any atom is 0.303 e. The maximum absolute atomic E-state index is 13.7. The Hall–Kier alpha value is -5.04. The van der Waals surface area contributed by atoms with Gasteiger partial charge in [0.05, 0.1) is 26.4 Å². The molecule has 2 fully saturated rings. The van der Waals surface area contributed by atoms with Crippen LogP contribution < -0.4 is 0 Å². The van der Waals surface area contributed by atoms with E-state index in [1.165, 1.54) is 21.0 Å². The number of benzene rings is 2. The summed E-state index contributed by atoms with van der Waals surface area (Å²) >= 11 is 0. The number of rotatable bonds is 16. The lowest BCUT2D eigenvalue weighted by Crippen LogP contribution is -2.69. The first-order chi connectivity index (χ1) is 27.7. The lowest BCUT2D eigenvalue weighted by atomic mass is 9.93. The summed E-state index contributed by atoms with van der Waals surface area (Å²) in [7, 11) is 1.30. The summed E-state index contributed by atoms with van der Waals surface area (Å²) in [6, 6.07) is 17.0. The van der Waals surface area contributed by atoms with E-state index in [0.717, 1.165) is 43.7 Å². The summed E-state index contributed by atoms with van der Waals surface area (Å²) in [5, 5.41) is 0. The fraction of sp³-hybridized carbons (Fsp3) is 0.512. The first kappa shape index (κ1) is 44.1. The van der Waals surface area contributed by atoms with E-state index in [2.05, 4.69) is 0 Å². The fourth-order valence-corrected chi connectivity index (χ4v) is 7.02. The molecule has 10 atom stereocenters. The number of esters is 4. The smallest absolute Gasteiger partial charge is 0.303 e. The third-order valence-corrected chi connectivity index (χ3v) is 9.66. The minimum Gasteiger partial charge on any atom is -0.457 e. The molecule has 3 aliphatic heterocycles. The van der Waals surface area contributed by atoms with Crippen molar-refractivity contribution in [2.75, 3.05) is 20.3 Å². The zero-order valence-electron chi connectivity index (χ0n) is 33.4. The predicted octanol–water partition coefficient (Wildman–Crippen LogP) is 2.70. The highest BCUT2D eigenvalue weighted by Gasteiger charge is 2.59. The molecule has 3 aliphatic rings. The number of methoxy groups -OCH3 is 1. The molecule has 0 aromatic heterocycles. The lowest BCUT2D eigenvalue weighted by Gasteiger charge is -2.50. The molecule has 5 rings (SSSR count). The van der Waals surface area contributed by atoms with Gasteiger partial charge in [-0.2, -0.15) is 0 Å². The number of carbonyl (C=O) groups is 6. The Labute approximate surface area is 335 Å². The molecule has 2 aromatic carbocycles. The van der Waals surface area contributed by atoms with Crippen LogP contribution in [0.1, 0.15) is 52.7 Å². The topological polar surface area (TPSA) is 198 Å². The Morgan fingerprint density at radius 2 is 0.983 bits per heavy atom. The number of nitrogens with zero attached hydrogens (tertiary/aromatic N) is 1. The second kappa shape index (κ2) is 20.1. The van der Waals surface area contributed by atoms with Crippen molar-refractivity contribution in [2.45, 2.75) is 116 Å². The van der Waals surface area contributed by atoms with Gasteiger partial charge in [-0.05, 0) is 25.0 Å². The van der Waals surface area contributed by atoms with Gasteiger partial charge in [0.2, 0.25) is 0 Å². The summed E-state index contributed by atoms with van der Waals surface area (Å²) in [4.78, 5) is 78.9. The Balaban J connectivity index is 1.57. The molecule has 0 aliphatic carbocycles. The fourth-order valence-electron chi connectivity index (χ4n) is 7.02. The van der Waals surface area contributed by atoms with Gasteiger partial charge in [0.15, 0.2) is 37.0 Å². The van der Waals surface area contributed by atoms with E-state index in [1.807, 2.05) is 60.7 Å². The molecule has 0 radical (unpaired) electrons. The maximum atomic E-state index is 13.7. The van der Waals surface area contributed by atoms with E-state index in [0.29, 0.717) is 0 Å². The first-order valence-electron chi connectivity index (χ1n) is 18.7. The molecule has 314 valence electrons. The van der Waals surface area contributed by atoms with Crippen LogP contribution >= 0.6 is 0 Å². The third-order valence-electron chi connectivity index (χ3n) is 9.66. The van der Waals surface area contributed by atoms with Gasteiger partial charge in [0.25, 0.3) is 11.8 Å². The van der Waals surface area contributed by atoms with Gasteiger partial charge >= 0.3 is 23.9 Å². The van der Waals surface area contributed by atoms with Crippen LogP contribution in [0.3, 0.4) is 0 Å². The minimum absolute atomic E-state index is 0.112. The van der Waals surface area contributed by atoms with Crippen LogP contribution in [0.5, 0.6) is 0 Å². The molecule has 17 heteroatoms. The molecule has 0 N–H and O–H groups in total. The SMILES string of the molecule is CO[C@@H]1O[C@H](COCc2ccccc2)[C@@H](O[C@@H]2O[C@H](COCc3ccccc3)[C@@H](OC(C)=O)[C@H](OC(C)=O)[C@H]2OC(C)=O)[C@@H](OC(C)=O)[C@H]1N1C(=O)C(C)=C(C)C1=O. The van der Waals surface area contributed by atoms with Crippen molar-refractivity contribution >= 4 is 35.7 Å². The standard InChI is InChI=1S/C41H49NO16/c1-22-23(2)39(48)42(38(22)47)32-35(53-25(4)44)33(30(56-40(32)49-7)20-50-18-28-14-10-8-11-15-28)58-41-37(55-27(6)46)36(54-26(5)45)34(52-24(3)43)31(57-41)21-51-19-29-16-12-9-13-17-29/h8-17,30-37,40-41H,18-21H2,1-7H3/t30-,31-,32-,33-,34-,35+,36+,37-,40-,41+/m1/s1. The van der Waals surface area contributed by atoms with Gasteiger partial charge < -0.3 is 47.4 Å². The average molecular weight is 812 g/mol. The highest BCUT2D eigenvalue weighted by atomic mass is 16.8. The van der Waals surface area contributed by atoms with Gasteiger partial charge in [-0.15, -0.1) is 0 Å². The highest BCUT2D eigenvalue weighted by Crippen LogP contribution is 2.38. The van der Waals surface area contributed by atoms with Crippen LogP contribution in [-0.4, -0.2) is 122 Å². The number of hydrogen-bond donors (Lipinski definition) is 0. The molecule has 0 unspecified atom stereocenters. The molecule has 2 saturated heterocycles. The summed E-state index contributed by atoms with van der Waals surface area (Å²) in [6.45, 7) is 7.24. The van der Waals surface area contributed by atoms with Crippen molar-refractivity contribution in [3.63, 3.8) is 0 Å². The van der Waals surface area contributed by atoms with E-state index in [-0.39, 0.29) is 37.6 Å². The quantitative estimate of drug-likeness (QED) is 0.136. The molecule has 3 heterocycles. The van der Waals surface area contributed by atoms with Gasteiger partial charge in [-0.1, -0.05) is 60.7 Å². The number of hydrogen-bond acceptors (Lipinski definition) is 16. The second-order valence-electron chi connectivity index (χ2n) is 13.9. The zero-order valence-corrected chi connectivity index (χ0v) is 33.4. The van der Waals surface area contributed by atoms with Gasteiger partial charge in [0.1, 0.15) is 24.4 Å². The molecule has 17 nitrogen and oxygen atoms in total. The zero-order chi connectivity index (χ0) is 42.1. The highest BCUT2D eigenvalue weighted by molar-refractivity contribution is 6.19. The molecular formula is C41H49NO16. The summed E-state index contributed by atoms with van der Waals surface area (Å²) in [5.41, 5.74) is 1.97. The van der Waals surface area contributed by atoms with Crippen LogP contribution in [0.15, 0.2) is 71.8 Å². The van der Waals surface area contributed by atoms with Crippen molar-refractivity contribution in [1.29, 1.82) is 0 Å². The Morgan fingerprint density at radius 3 is 1.45 bits per heavy atom. The molecular weight excluding hydrogens is 762 g/mol. The Bertz CT molecular complexity index is 1790. The largest absolute Gasteiger partial charge is 0.457 e. The van der Waals surface area contributed by atoms with Crippen molar-refractivity contribution in [3.8, 4) is 0 Å². The van der Waals surface area contributed by atoms with E-state index in [4.69, 9.17) is 47.4 Å². The molecule has 2 amide bonds. The van der Waals surface area contributed by atoms with Crippen LogP contribution in [0, 0.1) is 0 Å². The van der Waals surface area contributed by atoms with E-state index >= 15 is 0 Å². The Morgan fingerprint density at radius 1 is 0.569 bits per heavy atom. The monoisotopic (exact) mass is 811 g/mol. The Kier molecular flexibility index (Phi) is 15.3. The molecule has 2 aromatic rings. The number of ether oxygens (including phenoxy) is 10. The first-order valence-corrected chi connectivity index (χ1v) is 18.7. The summed E-state index contributed by atoms with van der Waals surface area (Å²) in [6.07, 6.45) is -12.9. The van der Waals surface area contributed by atoms with Crippen LogP contribution in [0.4, 0.5) is 0 Å². The molecule has 0 saturated carbocycles. The van der Waals surface area contributed by atoms with E-state index in [9.17, 15) is 28.8 Å². The van der Waals surface area contributed by atoms with Gasteiger partial charge in [-0.3, -0.25) is 33.7 Å². The summed E-state index contributed by atoms with van der Waals surface area (Å²) in [5.74, 6) is -4.59. The minimum atomic E-state index is -1.68. The van der Waals surface area contributed by atoms with Crippen molar-refractivity contribution in [2.24, 2.45) is 0 Å². The molecule has 58 heavy (non-hydrogen) atoms. The van der Waals surface area contributed by atoms with Crippen LogP contribution in [0.25, 0.3) is 0 Å². The number of carbonyl (C=O) groups excluding carboxylic acids is 6. The molecule has 0 spiro atoms. The van der Waals surface area contributed by atoms with Crippen LogP contribution in [-0.2, 0) is 89.3 Å². The second-order valence-corrected chi connectivity index (χ2v) is 13.9. The third kappa shape index (κ3) is 10.7. The molecule has 0 bridgehead atoms.